The molecule has 2 rings (SSSR count). The lowest BCUT2D eigenvalue weighted by atomic mass is 10.1. The molecule has 2 aromatic rings. The fourth-order valence-electron chi connectivity index (χ4n) is 1.79. The van der Waals surface area contributed by atoms with Crippen molar-refractivity contribution in [1.29, 1.82) is 0 Å². The molecule has 0 bridgehead atoms. The number of aromatic hydroxyl groups is 1. The summed E-state index contributed by atoms with van der Waals surface area (Å²) in [6.45, 7) is 1.52. The number of pyridine rings is 1. The van der Waals surface area contributed by atoms with Crippen LogP contribution < -0.4 is 0 Å². The third kappa shape index (κ3) is 3.00. The molecule has 0 radical (unpaired) electrons. The van der Waals surface area contributed by atoms with Crippen molar-refractivity contribution >= 4 is 23.7 Å². The van der Waals surface area contributed by atoms with Crippen LogP contribution in [0.2, 0.25) is 0 Å². The van der Waals surface area contributed by atoms with E-state index in [4.69, 9.17) is 0 Å². The van der Waals surface area contributed by atoms with Gasteiger partial charge in [-0.25, -0.2) is 0 Å². The number of thioether (sulfide) groups is 1. The minimum atomic E-state index is -0.188. The quantitative estimate of drug-likeness (QED) is 0.670. The van der Waals surface area contributed by atoms with E-state index >= 15 is 0 Å². The summed E-state index contributed by atoms with van der Waals surface area (Å²) in [6, 6.07) is 7.77. The highest BCUT2D eigenvalue weighted by molar-refractivity contribution is 7.98. The van der Waals surface area contributed by atoms with Gasteiger partial charge in [0.25, 0.3) is 0 Å². The van der Waals surface area contributed by atoms with E-state index in [-0.39, 0.29) is 12.4 Å². The molecule has 20 heavy (non-hydrogen) atoms. The van der Waals surface area contributed by atoms with E-state index in [1.807, 2.05) is 30.5 Å². The van der Waals surface area contributed by atoms with Gasteiger partial charge < -0.3 is 10.2 Å². The highest BCUT2D eigenvalue weighted by Crippen LogP contribution is 2.28. The summed E-state index contributed by atoms with van der Waals surface area (Å²) in [6.07, 6.45) is 5.11. The summed E-state index contributed by atoms with van der Waals surface area (Å²) in [5.74, 6) is 0.0573. The topological polar surface area (TPSA) is 65.7 Å². The van der Waals surface area contributed by atoms with Crippen molar-refractivity contribution in [2.75, 3.05) is 6.26 Å². The van der Waals surface area contributed by atoms with E-state index < -0.39 is 0 Å². The Bertz CT molecular complexity index is 642. The molecule has 0 amide bonds. The summed E-state index contributed by atoms with van der Waals surface area (Å²) >= 11 is 1.61. The summed E-state index contributed by atoms with van der Waals surface area (Å²) < 4.78 is 0. The molecule has 104 valence electrons. The normalized spacial score (nSPS) is 11.2. The smallest absolute Gasteiger partial charge is 0.145 e. The molecule has 0 spiro atoms. The van der Waals surface area contributed by atoms with Crippen molar-refractivity contribution in [2.24, 2.45) is 4.99 Å². The number of aryl methyl sites for hydroxylation is 1. The second-order valence-electron chi connectivity index (χ2n) is 4.22. The molecule has 0 saturated heterocycles. The zero-order chi connectivity index (χ0) is 14.5. The molecular formula is C15H16N2O2S. The molecule has 4 nitrogen and oxygen atoms in total. The molecule has 0 atom stereocenters. The number of aliphatic hydroxyl groups excluding tert-OH is 1. The van der Waals surface area contributed by atoms with Crippen LogP contribution in [-0.4, -0.2) is 27.7 Å². The summed E-state index contributed by atoms with van der Waals surface area (Å²) in [5, 5.41) is 19.4. The molecule has 0 aliphatic heterocycles. The lowest BCUT2D eigenvalue weighted by molar-refractivity contribution is 0.280. The third-order valence-corrected chi connectivity index (χ3v) is 3.73. The highest BCUT2D eigenvalue weighted by Gasteiger charge is 2.09. The molecule has 0 saturated carbocycles. The number of aromatic nitrogens is 1. The van der Waals surface area contributed by atoms with Crippen molar-refractivity contribution in [3.8, 4) is 5.75 Å². The lowest BCUT2D eigenvalue weighted by Gasteiger charge is -2.07. The average molecular weight is 288 g/mol. The van der Waals surface area contributed by atoms with Gasteiger partial charge >= 0.3 is 0 Å². The van der Waals surface area contributed by atoms with Gasteiger partial charge in [-0.05, 0) is 25.3 Å². The molecule has 0 aliphatic carbocycles. The number of aliphatic hydroxyl groups is 1. The first-order valence-corrected chi connectivity index (χ1v) is 7.35. The number of para-hydroxylation sites is 1. The van der Waals surface area contributed by atoms with Crippen LogP contribution in [0.5, 0.6) is 5.75 Å². The van der Waals surface area contributed by atoms with Gasteiger partial charge in [-0.3, -0.25) is 9.98 Å². The number of hydrogen-bond donors (Lipinski definition) is 2. The van der Waals surface area contributed by atoms with Crippen LogP contribution in [-0.2, 0) is 6.61 Å². The third-order valence-electron chi connectivity index (χ3n) is 2.95. The van der Waals surface area contributed by atoms with Crippen LogP contribution in [0, 0.1) is 6.92 Å². The van der Waals surface area contributed by atoms with Gasteiger partial charge in [-0.15, -0.1) is 11.8 Å². The Hall–Kier alpha value is -1.85. The lowest BCUT2D eigenvalue weighted by Crippen LogP contribution is -1.97. The van der Waals surface area contributed by atoms with E-state index in [9.17, 15) is 10.2 Å². The van der Waals surface area contributed by atoms with Crippen LogP contribution >= 0.6 is 11.8 Å². The Balaban J connectivity index is 2.43. The van der Waals surface area contributed by atoms with E-state index in [0.29, 0.717) is 16.8 Å². The Labute approximate surface area is 122 Å². The second-order valence-corrected chi connectivity index (χ2v) is 5.07. The minimum Gasteiger partial charge on any atom is -0.505 e. The molecule has 0 aliphatic rings. The molecular weight excluding hydrogens is 272 g/mol. The fraction of sp³-hybridized carbons (Fsp3) is 0.200. The van der Waals surface area contributed by atoms with Crippen LogP contribution in [0.15, 0.2) is 40.4 Å². The van der Waals surface area contributed by atoms with Gasteiger partial charge in [0.2, 0.25) is 0 Å². The van der Waals surface area contributed by atoms with Crippen molar-refractivity contribution < 1.29 is 10.2 Å². The van der Waals surface area contributed by atoms with E-state index in [1.165, 1.54) is 0 Å². The number of nitrogens with zero attached hydrogens (tertiary/aromatic N) is 2. The molecule has 1 heterocycles. The summed E-state index contributed by atoms with van der Waals surface area (Å²) in [7, 11) is 0. The molecule has 1 aromatic carbocycles. The van der Waals surface area contributed by atoms with Crippen LogP contribution in [0.1, 0.15) is 16.8 Å². The molecule has 2 N–H and O–H groups in total. The first-order valence-electron chi connectivity index (χ1n) is 6.12. The molecule has 0 unspecified atom stereocenters. The van der Waals surface area contributed by atoms with Crippen molar-refractivity contribution in [2.45, 2.75) is 18.4 Å². The monoisotopic (exact) mass is 288 g/mol. The van der Waals surface area contributed by atoms with Gasteiger partial charge in [0.1, 0.15) is 5.75 Å². The van der Waals surface area contributed by atoms with E-state index in [2.05, 4.69) is 9.98 Å². The Kier molecular flexibility index (Phi) is 4.76. The predicted octanol–water partition coefficient (Wildman–Crippen LogP) is 3.06. The van der Waals surface area contributed by atoms with Crippen molar-refractivity contribution in [3.05, 3.63) is 47.3 Å². The molecule has 5 heteroatoms. The number of aliphatic imine (C=N–C) groups is 1. The molecule has 1 aromatic heterocycles. The Morgan fingerprint density at radius 2 is 2.10 bits per heavy atom. The predicted molar refractivity (Wildman–Crippen MR) is 82.0 cm³/mol. The van der Waals surface area contributed by atoms with Crippen LogP contribution in [0.3, 0.4) is 0 Å². The Morgan fingerprint density at radius 3 is 2.80 bits per heavy atom. The van der Waals surface area contributed by atoms with Crippen molar-refractivity contribution in [1.82, 2.24) is 4.98 Å². The number of benzene rings is 1. The number of hydrogen-bond acceptors (Lipinski definition) is 5. The zero-order valence-electron chi connectivity index (χ0n) is 11.4. The maximum absolute atomic E-state index is 10.0. The van der Waals surface area contributed by atoms with E-state index in [0.717, 1.165) is 10.6 Å². The number of rotatable bonds is 4. The first-order chi connectivity index (χ1) is 9.67. The van der Waals surface area contributed by atoms with Gasteiger partial charge in [0, 0.05) is 28.4 Å². The molecule has 0 fully saturated rings. The SMILES string of the molecule is CSc1ccccc1N=Cc1c(CO)cnc(C)c1O. The van der Waals surface area contributed by atoms with E-state index in [1.54, 1.807) is 31.1 Å². The first kappa shape index (κ1) is 14.6. The standard InChI is InChI=1S/C15H16N2O2S/c1-10-15(19)12(11(9-18)7-16-10)8-17-13-5-3-4-6-14(13)20-2/h3-8,18-19H,9H2,1-2H3. The Morgan fingerprint density at radius 1 is 1.35 bits per heavy atom. The van der Waals surface area contributed by atoms with Gasteiger partial charge in [-0.1, -0.05) is 12.1 Å². The van der Waals surface area contributed by atoms with Crippen LogP contribution in [0.25, 0.3) is 0 Å². The van der Waals surface area contributed by atoms with Gasteiger partial charge in [0.05, 0.1) is 18.0 Å². The largest absolute Gasteiger partial charge is 0.505 e. The summed E-state index contributed by atoms with van der Waals surface area (Å²) in [4.78, 5) is 9.49. The zero-order valence-corrected chi connectivity index (χ0v) is 12.2. The highest BCUT2D eigenvalue weighted by atomic mass is 32.2. The minimum absolute atomic E-state index is 0.0573. The van der Waals surface area contributed by atoms with Crippen LogP contribution in [0.4, 0.5) is 5.69 Å². The average Bonchev–Trinajstić information content (AvgIpc) is 2.49. The summed E-state index contributed by atoms with van der Waals surface area (Å²) in [5.41, 5.74) is 2.41. The van der Waals surface area contributed by atoms with Gasteiger partial charge in [0.15, 0.2) is 0 Å². The van der Waals surface area contributed by atoms with Crippen molar-refractivity contribution in [3.63, 3.8) is 0 Å². The maximum Gasteiger partial charge on any atom is 0.145 e. The maximum atomic E-state index is 10.0. The second kappa shape index (κ2) is 6.54. The van der Waals surface area contributed by atoms with Gasteiger partial charge in [-0.2, -0.15) is 0 Å². The fourth-order valence-corrected chi connectivity index (χ4v) is 2.34.